The van der Waals surface area contributed by atoms with Crippen molar-refractivity contribution in [1.29, 1.82) is 0 Å². The Morgan fingerprint density at radius 3 is 3.11 bits per heavy atom. The molecule has 2 N–H and O–H groups in total. The highest BCUT2D eigenvalue weighted by atomic mass is 16.1. The molecule has 0 radical (unpaired) electrons. The zero-order valence-electron chi connectivity index (χ0n) is 11.4. The van der Waals surface area contributed by atoms with E-state index in [1.807, 2.05) is 12.1 Å². The first kappa shape index (κ1) is 12.6. The van der Waals surface area contributed by atoms with E-state index in [1.54, 1.807) is 0 Å². The van der Waals surface area contributed by atoms with Crippen molar-refractivity contribution < 1.29 is 4.79 Å². The molecule has 4 heteroatoms. The molecule has 0 spiro atoms. The monoisotopic (exact) mass is 259 g/mol. The number of hydrogen-bond acceptors (Lipinski definition) is 3. The number of carbonyl (C=O) groups is 1. The molecule has 19 heavy (non-hydrogen) atoms. The van der Waals surface area contributed by atoms with Crippen LogP contribution in [-0.2, 0) is 13.0 Å². The summed E-state index contributed by atoms with van der Waals surface area (Å²) >= 11 is 0. The van der Waals surface area contributed by atoms with Crippen LogP contribution in [0, 0.1) is 0 Å². The largest absolute Gasteiger partial charge is 0.348 e. The number of nitrogens with zero attached hydrogens (tertiary/aromatic N) is 1. The Bertz CT molecular complexity index is 486. The van der Waals surface area contributed by atoms with Crippen LogP contribution in [-0.4, -0.2) is 43.5 Å². The average molecular weight is 259 g/mol. The third-order valence-electron chi connectivity index (χ3n) is 4.08. The lowest BCUT2D eigenvalue weighted by Crippen LogP contribution is -2.36. The second kappa shape index (κ2) is 5.31. The Labute approximate surface area is 114 Å². The van der Waals surface area contributed by atoms with Crippen LogP contribution >= 0.6 is 0 Å². The van der Waals surface area contributed by atoms with Gasteiger partial charge in [0.05, 0.1) is 0 Å². The lowest BCUT2D eigenvalue weighted by Gasteiger charge is -2.18. The molecule has 2 aliphatic heterocycles. The molecule has 0 aromatic heterocycles. The van der Waals surface area contributed by atoms with Crippen LogP contribution in [0.4, 0.5) is 0 Å². The zero-order chi connectivity index (χ0) is 13.2. The number of likely N-dealkylation sites (tertiary alicyclic amines) is 1. The summed E-state index contributed by atoms with van der Waals surface area (Å²) < 4.78 is 0. The molecule has 3 rings (SSSR count). The van der Waals surface area contributed by atoms with E-state index < -0.39 is 0 Å². The van der Waals surface area contributed by atoms with Gasteiger partial charge in [0, 0.05) is 24.7 Å². The Morgan fingerprint density at radius 1 is 1.42 bits per heavy atom. The Morgan fingerprint density at radius 2 is 2.32 bits per heavy atom. The molecule has 1 fully saturated rings. The maximum absolute atomic E-state index is 12.2. The molecule has 2 aliphatic rings. The van der Waals surface area contributed by atoms with Gasteiger partial charge in [0.25, 0.3) is 5.91 Å². The van der Waals surface area contributed by atoms with Crippen molar-refractivity contribution in [2.45, 2.75) is 25.4 Å². The number of fused-ring (bicyclic) bond motifs is 1. The minimum absolute atomic E-state index is 0.0636. The van der Waals surface area contributed by atoms with Gasteiger partial charge < -0.3 is 15.5 Å². The van der Waals surface area contributed by atoms with E-state index in [0.29, 0.717) is 6.04 Å². The lowest BCUT2D eigenvalue weighted by atomic mass is 9.98. The molecule has 1 unspecified atom stereocenters. The SMILES string of the molecule is CN1CCC(NC(=O)c2ccc3c(c2)CNCC3)C1. The molecular formula is C15H21N3O. The van der Waals surface area contributed by atoms with Gasteiger partial charge in [-0.3, -0.25) is 4.79 Å². The van der Waals surface area contributed by atoms with Gasteiger partial charge in [0.1, 0.15) is 0 Å². The quantitative estimate of drug-likeness (QED) is 0.824. The van der Waals surface area contributed by atoms with Gasteiger partial charge in [0.2, 0.25) is 0 Å². The second-order valence-corrected chi connectivity index (χ2v) is 5.63. The molecule has 0 saturated carbocycles. The van der Waals surface area contributed by atoms with E-state index in [1.165, 1.54) is 11.1 Å². The van der Waals surface area contributed by atoms with Gasteiger partial charge in [0.15, 0.2) is 0 Å². The maximum atomic E-state index is 12.2. The van der Waals surface area contributed by atoms with Gasteiger partial charge in [-0.2, -0.15) is 0 Å². The summed E-state index contributed by atoms with van der Waals surface area (Å²) in [6.07, 6.45) is 2.11. The number of amides is 1. The minimum atomic E-state index is 0.0636. The standard InChI is InChI=1S/C15H21N3O/c1-18-7-5-14(10-18)17-15(19)12-3-2-11-4-6-16-9-13(11)8-12/h2-3,8,14,16H,4-7,9-10H2,1H3,(H,17,19). The summed E-state index contributed by atoms with van der Waals surface area (Å²) in [5.74, 6) is 0.0636. The van der Waals surface area contributed by atoms with Crippen LogP contribution in [0.2, 0.25) is 0 Å². The molecule has 102 valence electrons. The fourth-order valence-corrected chi connectivity index (χ4v) is 2.94. The van der Waals surface area contributed by atoms with E-state index in [2.05, 4.69) is 28.6 Å². The van der Waals surface area contributed by atoms with Gasteiger partial charge >= 0.3 is 0 Å². The fraction of sp³-hybridized carbons (Fsp3) is 0.533. The van der Waals surface area contributed by atoms with E-state index in [9.17, 15) is 4.79 Å². The van der Waals surface area contributed by atoms with Crippen molar-refractivity contribution in [3.8, 4) is 0 Å². The highest BCUT2D eigenvalue weighted by Crippen LogP contribution is 2.16. The van der Waals surface area contributed by atoms with Gasteiger partial charge in [-0.25, -0.2) is 0 Å². The summed E-state index contributed by atoms with van der Waals surface area (Å²) in [5.41, 5.74) is 3.43. The molecule has 1 atom stereocenters. The fourth-order valence-electron chi connectivity index (χ4n) is 2.94. The van der Waals surface area contributed by atoms with Crippen LogP contribution in [0.5, 0.6) is 0 Å². The predicted molar refractivity (Wildman–Crippen MR) is 75.2 cm³/mol. The average Bonchev–Trinajstić information content (AvgIpc) is 2.83. The van der Waals surface area contributed by atoms with Gasteiger partial charge in [-0.15, -0.1) is 0 Å². The number of carbonyl (C=O) groups excluding carboxylic acids is 1. The third kappa shape index (κ3) is 2.80. The summed E-state index contributed by atoms with van der Waals surface area (Å²) in [7, 11) is 2.09. The minimum Gasteiger partial charge on any atom is -0.348 e. The van der Waals surface area contributed by atoms with E-state index in [4.69, 9.17) is 0 Å². The van der Waals surface area contributed by atoms with Gasteiger partial charge in [-0.1, -0.05) is 6.07 Å². The Kier molecular flexibility index (Phi) is 3.53. The number of hydrogen-bond donors (Lipinski definition) is 2. The molecule has 2 heterocycles. The van der Waals surface area contributed by atoms with E-state index >= 15 is 0 Å². The smallest absolute Gasteiger partial charge is 0.251 e. The first-order valence-corrected chi connectivity index (χ1v) is 7.04. The highest BCUT2D eigenvalue weighted by Gasteiger charge is 2.22. The van der Waals surface area contributed by atoms with Crippen LogP contribution in [0.25, 0.3) is 0 Å². The van der Waals surface area contributed by atoms with Crippen molar-refractivity contribution in [2.24, 2.45) is 0 Å². The predicted octanol–water partition coefficient (Wildman–Crippen LogP) is 0.766. The topological polar surface area (TPSA) is 44.4 Å². The maximum Gasteiger partial charge on any atom is 0.251 e. The van der Waals surface area contributed by atoms with Crippen LogP contribution in [0.3, 0.4) is 0 Å². The molecule has 4 nitrogen and oxygen atoms in total. The first-order valence-electron chi connectivity index (χ1n) is 7.04. The van der Waals surface area contributed by atoms with Crippen molar-refractivity contribution in [3.05, 3.63) is 34.9 Å². The number of benzene rings is 1. The van der Waals surface area contributed by atoms with Crippen LogP contribution in [0.1, 0.15) is 27.9 Å². The molecule has 1 amide bonds. The Hall–Kier alpha value is -1.39. The summed E-state index contributed by atoms with van der Waals surface area (Å²) in [6, 6.07) is 6.39. The van der Waals surface area contributed by atoms with Crippen molar-refractivity contribution >= 4 is 5.91 Å². The highest BCUT2D eigenvalue weighted by molar-refractivity contribution is 5.94. The van der Waals surface area contributed by atoms with Gasteiger partial charge in [-0.05, 0) is 56.2 Å². The van der Waals surface area contributed by atoms with Crippen molar-refractivity contribution in [2.75, 3.05) is 26.7 Å². The molecular weight excluding hydrogens is 238 g/mol. The van der Waals surface area contributed by atoms with Crippen molar-refractivity contribution in [3.63, 3.8) is 0 Å². The van der Waals surface area contributed by atoms with Crippen LogP contribution in [0.15, 0.2) is 18.2 Å². The Balaban J connectivity index is 1.69. The summed E-state index contributed by atoms with van der Waals surface area (Å²) in [5, 5.41) is 6.48. The third-order valence-corrected chi connectivity index (χ3v) is 4.08. The molecule has 0 bridgehead atoms. The summed E-state index contributed by atoms with van der Waals surface area (Å²) in [6.45, 7) is 3.94. The second-order valence-electron chi connectivity index (χ2n) is 5.63. The number of nitrogens with one attached hydrogen (secondary N) is 2. The summed E-state index contributed by atoms with van der Waals surface area (Å²) in [4.78, 5) is 14.5. The lowest BCUT2D eigenvalue weighted by molar-refractivity contribution is 0.0938. The zero-order valence-corrected chi connectivity index (χ0v) is 11.4. The molecule has 0 aliphatic carbocycles. The van der Waals surface area contributed by atoms with E-state index in [-0.39, 0.29) is 5.91 Å². The first-order chi connectivity index (χ1) is 9.22. The van der Waals surface area contributed by atoms with E-state index in [0.717, 1.165) is 44.6 Å². The molecule has 1 aromatic carbocycles. The van der Waals surface area contributed by atoms with Crippen molar-refractivity contribution in [1.82, 2.24) is 15.5 Å². The number of rotatable bonds is 2. The molecule has 1 aromatic rings. The molecule has 1 saturated heterocycles. The van der Waals surface area contributed by atoms with Crippen LogP contribution < -0.4 is 10.6 Å². The number of likely N-dealkylation sites (N-methyl/N-ethyl adjacent to an activating group) is 1. The normalized spacial score (nSPS) is 23.1.